The monoisotopic (exact) mass is 347 g/mol. The van der Waals surface area contributed by atoms with Crippen molar-refractivity contribution in [2.75, 3.05) is 6.54 Å². The van der Waals surface area contributed by atoms with Crippen molar-refractivity contribution < 1.29 is 12.8 Å². The zero-order valence-corrected chi connectivity index (χ0v) is 14.8. The Hall–Kier alpha value is -1.72. The fraction of sp³-hybridized carbons (Fsp3) is 0.368. The molecule has 2 aromatic carbocycles. The lowest BCUT2D eigenvalue weighted by atomic mass is 9.88. The molecule has 0 aromatic heterocycles. The highest BCUT2D eigenvalue weighted by Crippen LogP contribution is 2.41. The van der Waals surface area contributed by atoms with Crippen molar-refractivity contribution in [3.8, 4) is 0 Å². The Morgan fingerprint density at radius 3 is 2.33 bits per heavy atom. The first-order valence-corrected chi connectivity index (χ1v) is 9.56. The van der Waals surface area contributed by atoms with Gasteiger partial charge in [-0.25, -0.2) is 12.8 Å². The third-order valence-corrected chi connectivity index (χ3v) is 6.55. The molecule has 0 spiro atoms. The van der Waals surface area contributed by atoms with Crippen molar-refractivity contribution in [1.29, 1.82) is 0 Å². The van der Waals surface area contributed by atoms with Gasteiger partial charge in [0, 0.05) is 13.0 Å². The summed E-state index contributed by atoms with van der Waals surface area (Å²) in [4.78, 5) is 0.261. The molecule has 2 aromatic rings. The molecular weight excluding hydrogens is 325 g/mol. The second-order valence-electron chi connectivity index (χ2n) is 6.72. The largest absolute Gasteiger partial charge is 0.244 e. The fourth-order valence-corrected chi connectivity index (χ4v) is 4.81. The maximum atomic E-state index is 14.6. The number of sulfonamides is 1. The summed E-state index contributed by atoms with van der Waals surface area (Å²) in [5.74, 6) is 0. The molecule has 2 atom stereocenters. The van der Waals surface area contributed by atoms with Crippen molar-refractivity contribution in [2.24, 2.45) is 0 Å². The van der Waals surface area contributed by atoms with Crippen LogP contribution >= 0.6 is 0 Å². The van der Waals surface area contributed by atoms with Gasteiger partial charge >= 0.3 is 0 Å². The second kappa shape index (κ2) is 6.30. The van der Waals surface area contributed by atoms with E-state index in [9.17, 15) is 12.8 Å². The first-order valence-electron chi connectivity index (χ1n) is 8.12. The van der Waals surface area contributed by atoms with E-state index in [1.165, 1.54) is 4.31 Å². The molecule has 0 bridgehead atoms. The van der Waals surface area contributed by atoms with E-state index >= 15 is 0 Å². The SMILES string of the molecule is Cc1ccc(S(=O)(=O)N2CC[C@@](C)(F)C[C@H]2c2ccccc2)cc1. The Labute approximate surface area is 143 Å². The number of aryl methyl sites for hydroxylation is 1. The van der Waals surface area contributed by atoms with E-state index in [1.54, 1.807) is 31.2 Å². The van der Waals surface area contributed by atoms with Crippen LogP contribution in [-0.4, -0.2) is 24.9 Å². The van der Waals surface area contributed by atoms with Gasteiger partial charge in [0.05, 0.1) is 10.9 Å². The summed E-state index contributed by atoms with van der Waals surface area (Å²) < 4.78 is 42.2. The Balaban J connectivity index is 2.02. The number of benzene rings is 2. The van der Waals surface area contributed by atoms with E-state index in [1.807, 2.05) is 37.3 Å². The normalized spacial score (nSPS) is 25.5. The number of hydrogen-bond acceptors (Lipinski definition) is 2. The lowest BCUT2D eigenvalue weighted by Crippen LogP contribution is -2.45. The van der Waals surface area contributed by atoms with E-state index in [4.69, 9.17) is 0 Å². The van der Waals surface area contributed by atoms with E-state index < -0.39 is 21.7 Å². The Morgan fingerprint density at radius 2 is 1.71 bits per heavy atom. The van der Waals surface area contributed by atoms with Gasteiger partial charge in [0.1, 0.15) is 5.67 Å². The molecule has 0 aliphatic carbocycles. The van der Waals surface area contributed by atoms with E-state index in [2.05, 4.69) is 0 Å². The van der Waals surface area contributed by atoms with Crippen molar-refractivity contribution in [3.05, 3.63) is 65.7 Å². The van der Waals surface area contributed by atoms with Crippen LogP contribution in [-0.2, 0) is 10.0 Å². The maximum absolute atomic E-state index is 14.6. The molecule has 1 saturated heterocycles. The number of alkyl halides is 1. The molecule has 0 N–H and O–H groups in total. The van der Waals surface area contributed by atoms with Gasteiger partial charge in [-0.3, -0.25) is 0 Å². The van der Waals surface area contributed by atoms with Crippen LogP contribution in [0.15, 0.2) is 59.5 Å². The predicted molar refractivity (Wildman–Crippen MR) is 93.0 cm³/mol. The Kier molecular flexibility index (Phi) is 4.49. The molecule has 3 rings (SSSR count). The van der Waals surface area contributed by atoms with Crippen molar-refractivity contribution in [1.82, 2.24) is 4.31 Å². The minimum atomic E-state index is -3.66. The van der Waals surface area contributed by atoms with Crippen LogP contribution < -0.4 is 0 Å². The summed E-state index contributed by atoms with van der Waals surface area (Å²) in [6.45, 7) is 3.65. The first-order chi connectivity index (χ1) is 11.3. The van der Waals surface area contributed by atoms with Gasteiger partial charge in [-0.2, -0.15) is 4.31 Å². The molecule has 0 radical (unpaired) electrons. The van der Waals surface area contributed by atoms with Gasteiger partial charge in [0.15, 0.2) is 0 Å². The third kappa shape index (κ3) is 3.37. The third-order valence-electron chi connectivity index (χ3n) is 4.63. The Morgan fingerprint density at radius 1 is 1.08 bits per heavy atom. The van der Waals surface area contributed by atoms with Crippen molar-refractivity contribution in [2.45, 2.75) is 43.3 Å². The molecule has 1 heterocycles. The molecule has 3 nitrogen and oxygen atoms in total. The maximum Gasteiger partial charge on any atom is 0.243 e. The molecule has 1 fully saturated rings. The van der Waals surface area contributed by atoms with Gasteiger partial charge in [0.25, 0.3) is 0 Å². The molecule has 1 aliphatic heterocycles. The summed E-state index contributed by atoms with van der Waals surface area (Å²) in [5.41, 5.74) is 0.472. The average Bonchev–Trinajstić information content (AvgIpc) is 2.55. The highest BCUT2D eigenvalue weighted by molar-refractivity contribution is 7.89. The smallest absolute Gasteiger partial charge is 0.243 e. The summed E-state index contributed by atoms with van der Waals surface area (Å²) in [6.07, 6.45) is 0.379. The summed E-state index contributed by atoms with van der Waals surface area (Å²) in [7, 11) is -3.66. The van der Waals surface area contributed by atoms with E-state index in [0.29, 0.717) is 0 Å². The fourth-order valence-electron chi connectivity index (χ4n) is 3.20. The highest BCUT2D eigenvalue weighted by Gasteiger charge is 2.42. The van der Waals surface area contributed by atoms with Crippen molar-refractivity contribution in [3.63, 3.8) is 0 Å². The van der Waals surface area contributed by atoms with Crippen LogP contribution in [0, 0.1) is 6.92 Å². The van der Waals surface area contributed by atoms with E-state index in [-0.39, 0.29) is 24.3 Å². The molecule has 0 unspecified atom stereocenters. The highest BCUT2D eigenvalue weighted by atomic mass is 32.2. The topological polar surface area (TPSA) is 37.4 Å². The minimum absolute atomic E-state index is 0.169. The quantitative estimate of drug-likeness (QED) is 0.832. The van der Waals surface area contributed by atoms with Crippen LogP contribution in [0.1, 0.15) is 36.9 Å². The lowest BCUT2D eigenvalue weighted by Gasteiger charge is -2.40. The van der Waals surface area contributed by atoms with Gasteiger partial charge < -0.3 is 0 Å². The molecule has 128 valence electrons. The number of rotatable bonds is 3. The Bertz CT molecular complexity index is 801. The zero-order valence-electron chi connectivity index (χ0n) is 13.9. The standard InChI is InChI=1S/C19H22FNO2S/c1-15-8-10-17(11-9-15)24(22,23)21-13-12-19(2,20)14-18(21)16-6-4-3-5-7-16/h3-11,18H,12-14H2,1-2H3/t18-,19+/m0/s1. The minimum Gasteiger partial charge on any atom is -0.244 e. The molecule has 0 amide bonds. The number of hydrogen-bond donors (Lipinski definition) is 0. The van der Waals surface area contributed by atoms with Crippen LogP contribution in [0.4, 0.5) is 4.39 Å². The van der Waals surface area contributed by atoms with E-state index in [0.717, 1.165) is 11.1 Å². The molecular formula is C19H22FNO2S. The summed E-state index contributed by atoms with van der Waals surface area (Å²) in [6, 6.07) is 15.6. The van der Waals surface area contributed by atoms with Crippen LogP contribution in [0.5, 0.6) is 0 Å². The second-order valence-corrected chi connectivity index (χ2v) is 8.61. The summed E-state index contributed by atoms with van der Waals surface area (Å²) in [5, 5.41) is 0. The molecule has 24 heavy (non-hydrogen) atoms. The predicted octanol–water partition coefficient (Wildman–Crippen LogP) is 4.25. The first kappa shape index (κ1) is 17.1. The molecule has 1 aliphatic rings. The number of piperidine rings is 1. The van der Waals surface area contributed by atoms with Gasteiger partial charge in [0.2, 0.25) is 10.0 Å². The van der Waals surface area contributed by atoms with Gasteiger partial charge in [-0.15, -0.1) is 0 Å². The number of halogens is 1. The zero-order chi connectivity index (χ0) is 17.4. The van der Waals surface area contributed by atoms with Gasteiger partial charge in [-0.05, 0) is 38.0 Å². The number of nitrogens with zero attached hydrogens (tertiary/aromatic N) is 1. The van der Waals surface area contributed by atoms with Crippen LogP contribution in [0.2, 0.25) is 0 Å². The van der Waals surface area contributed by atoms with Crippen LogP contribution in [0.3, 0.4) is 0 Å². The summed E-state index contributed by atoms with van der Waals surface area (Å²) >= 11 is 0. The van der Waals surface area contributed by atoms with Gasteiger partial charge in [-0.1, -0.05) is 48.0 Å². The van der Waals surface area contributed by atoms with Crippen LogP contribution in [0.25, 0.3) is 0 Å². The van der Waals surface area contributed by atoms with Crippen molar-refractivity contribution >= 4 is 10.0 Å². The molecule has 5 heteroatoms. The molecule has 0 saturated carbocycles. The average molecular weight is 347 g/mol. The lowest BCUT2D eigenvalue weighted by molar-refractivity contribution is 0.0715.